The average Bonchev–Trinajstić information content (AvgIpc) is 2.71. The molecule has 0 radical (unpaired) electrons. The van der Waals surface area contributed by atoms with E-state index >= 15 is 0 Å². The summed E-state index contributed by atoms with van der Waals surface area (Å²) in [5.74, 6) is 0.152. The Balaban J connectivity index is 1.73. The Hall–Kier alpha value is -1.91. The van der Waals surface area contributed by atoms with Gasteiger partial charge in [-0.05, 0) is 44.7 Å². The van der Waals surface area contributed by atoms with Gasteiger partial charge in [-0.15, -0.1) is 0 Å². The van der Waals surface area contributed by atoms with Crippen LogP contribution in [0.3, 0.4) is 0 Å². The molecule has 0 aromatic carbocycles. The second kappa shape index (κ2) is 5.47. The van der Waals surface area contributed by atoms with Crippen molar-refractivity contribution in [3.8, 4) is 0 Å². The molecule has 0 saturated carbocycles. The molecule has 112 valence electrons. The van der Waals surface area contributed by atoms with Crippen LogP contribution in [0.15, 0.2) is 18.2 Å². The summed E-state index contributed by atoms with van der Waals surface area (Å²) in [6, 6.07) is 5.51. The van der Waals surface area contributed by atoms with Gasteiger partial charge in [-0.25, -0.2) is 4.98 Å². The summed E-state index contributed by atoms with van der Waals surface area (Å²) >= 11 is 0. The maximum Gasteiger partial charge on any atom is 0.272 e. The van der Waals surface area contributed by atoms with E-state index in [2.05, 4.69) is 10.3 Å². The van der Waals surface area contributed by atoms with Crippen molar-refractivity contribution in [3.63, 3.8) is 0 Å². The van der Waals surface area contributed by atoms with Crippen LogP contribution in [0.25, 0.3) is 0 Å². The molecule has 1 N–H and O–H groups in total. The standard InChI is InChI=1S/C16H21N3O2/c1-12-4-2-5-13(18-12)14(20)19-10-3-6-16(8-11-19)7-9-17-15(16)21/h2,4-5H,3,6-11H2,1H3,(H,17,21)/t16-/m0/s1. The SMILES string of the molecule is Cc1cccc(C(=O)N2CCC[C@]3(CCNC3=O)CC2)n1. The van der Waals surface area contributed by atoms with E-state index < -0.39 is 0 Å². The fraction of sp³-hybridized carbons (Fsp3) is 0.562. The van der Waals surface area contributed by atoms with Crippen molar-refractivity contribution in [1.82, 2.24) is 15.2 Å². The second-order valence-corrected chi connectivity index (χ2v) is 6.10. The van der Waals surface area contributed by atoms with Gasteiger partial charge in [0, 0.05) is 25.3 Å². The van der Waals surface area contributed by atoms with Crippen LogP contribution in [0, 0.1) is 12.3 Å². The molecule has 3 rings (SSSR count). The Labute approximate surface area is 124 Å². The van der Waals surface area contributed by atoms with Crippen molar-refractivity contribution in [2.75, 3.05) is 19.6 Å². The molecule has 2 amide bonds. The number of rotatable bonds is 1. The zero-order valence-corrected chi connectivity index (χ0v) is 12.4. The number of nitrogens with zero attached hydrogens (tertiary/aromatic N) is 2. The van der Waals surface area contributed by atoms with Crippen molar-refractivity contribution in [3.05, 3.63) is 29.6 Å². The molecule has 0 bridgehead atoms. The smallest absolute Gasteiger partial charge is 0.272 e. The first kappa shape index (κ1) is 14.0. The third-order valence-corrected chi connectivity index (χ3v) is 4.71. The van der Waals surface area contributed by atoms with Crippen molar-refractivity contribution in [2.45, 2.75) is 32.6 Å². The minimum atomic E-state index is -0.241. The number of hydrogen-bond donors (Lipinski definition) is 1. The average molecular weight is 287 g/mol. The van der Waals surface area contributed by atoms with Gasteiger partial charge in [0.05, 0.1) is 5.41 Å². The van der Waals surface area contributed by atoms with Gasteiger partial charge in [0.1, 0.15) is 5.69 Å². The molecule has 0 unspecified atom stereocenters. The van der Waals surface area contributed by atoms with Crippen LogP contribution in [-0.4, -0.2) is 41.3 Å². The molecule has 1 aromatic heterocycles. The number of hydrogen-bond acceptors (Lipinski definition) is 3. The molecule has 5 nitrogen and oxygen atoms in total. The second-order valence-electron chi connectivity index (χ2n) is 6.10. The highest BCUT2D eigenvalue weighted by molar-refractivity contribution is 5.92. The van der Waals surface area contributed by atoms with Crippen LogP contribution in [-0.2, 0) is 4.79 Å². The van der Waals surface area contributed by atoms with Crippen molar-refractivity contribution >= 4 is 11.8 Å². The van der Waals surface area contributed by atoms with E-state index in [4.69, 9.17) is 0 Å². The molecule has 3 heterocycles. The number of carbonyl (C=O) groups is 2. The molecule has 21 heavy (non-hydrogen) atoms. The van der Waals surface area contributed by atoms with E-state index in [1.165, 1.54) is 0 Å². The number of carbonyl (C=O) groups excluding carboxylic acids is 2. The molecule has 5 heteroatoms. The van der Waals surface area contributed by atoms with Crippen LogP contribution >= 0.6 is 0 Å². The summed E-state index contributed by atoms with van der Waals surface area (Å²) in [4.78, 5) is 30.8. The first-order valence-corrected chi connectivity index (χ1v) is 7.62. The van der Waals surface area contributed by atoms with E-state index in [9.17, 15) is 9.59 Å². The third kappa shape index (κ3) is 2.64. The highest BCUT2D eigenvalue weighted by Crippen LogP contribution is 2.38. The van der Waals surface area contributed by atoms with Gasteiger partial charge in [0.15, 0.2) is 0 Å². The normalized spacial score (nSPS) is 25.8. The highest BCUT2D eigenvalue weighted by atomic mass is 16.2. The number of nitrogens with one attached hydrogen (secondary N) is 1. The summed E-state index contributed by atoms with van der Waals surface area (Å²) in [6.45, 7) is 4.01. The molecule has 2 fully saturated rings. The molecule has 1 atom stereocenters. The number of aryl methyl sites for hydroxylation is 1. The first-order chi connectivity index (χ1) is 10.1. The van der Waals surface area contributed by atoms with E-state index in [1.54, 1.807) is 6.07 Å². The van der Waals surface area contributed by atoms with Gasteiger partial charge in [-0.3, -0.25) is 9.59 Å². The van der Waals surface area contributed by atoms with Crippen molar-refractivity contribution in [2.24, 2.45) is 5.41 Å². The third-order valence-electron chi connectivity index (χ3n) is 4.71. The summed E-state index contributed by atoms with van der Waals surface area (Å²) in [5.41, 5.74) is 1.11. The predicted molar refractivity (Wildman–Crippen MR) is 78.8 cm³/mol. The molecule has 2 aliphatic heterocycles. The van der Waals surface area contributed by atoms with Crippen molar-refractivity contribution < 1.29 is 9.59 Å². The topological polar surface area (TPSA) is 62.3 Å². The molecule has 2 saturated heterocycles. The molecule has 1 spiro atoms. The fourth-order valence-electron chi connectivity index (χ4n) is 3.41. The minimum absolute atomic E-state index is 0.0193. The lowest BCUT2D eigenvalue weighted by molar-refractivity contribution is -0.128. The van der Waals surface area contributed by atoms with Gasteiger partial charge in [0.2, 0.25) is 5.91 Å². The largest absolute Gasteiger partial charge is 0.356 e. The highest BCUT2D eigenvalue weighted by Gasteiger charge is 2.43. The first-order valence-electron chi connectivity index (χ1n) is 7.62. The lowest BCUT2D eigenvalue weighted by atomic mass is 9.79. The monoisotopic (exact) mass is 287 g/mol. The van der Waals surface area contributed by atoms with E-state index in [1.807, 2.05) is 24.0 Å². The summed E-state index contributed by atoms with van der Waals surface area (Å²) < 4.78 is 0. The minimum Gasteiger partial charge on any atom is -0.356 e. The van der Waals surface area contributed by atoms with E-state index in [0.29, 0.717) is 18.8 Å². The van der Waals surface area contributed by atoms with Gasteiger partial charge < -0.3 is 10.2 Å². The van der Waals surface area contributed by atoms with Crippen LogP contribution in [0.1, 0.15) is 41.9 Å². The van der Waals surface area contributed by atoms with Crippen LogP contribution < -0.4 is 5.32 Å². The molecular weight excluding hydrogens is 266 g/mol. The van der Waals surface area contributed by atoms with Crippen LogP contribution in [0.5, 0.6) is 0 Å². The summed E-state index contributed by atoms with van der Waals surface area (Å²) in [5, 5.41) is 2.94. The van der Waals surface area contributed by atoms with Crippen LogP contribution in [0.4, 0.5) is 0 Å². The number of pyridine rings is 1. The maximum atomic E-state index is 12.6. The Morgan fingerprint density at radius 2 is 2.14 bits per heavy atom. The maximum absolute atomic E-state index is 12.6. The van der Waals surface area contributed by atoms with Gasteiger partial charge in [-0.1, -0.05) is 6.07 Å². The van der Waals surface area contributed by atoms with Crippen LogP contribution in [0.2, 0.25) is 0 Å². The predicted octanol–water partition coefficient (Wildman–Crippen LogP) is 1.52. The van der Waals surface area contributed by atoms with Gasteiger partial charge in [-0.2, -0.15) is 0 Å². The lowest BCUT2D eigenvalue weighted by Gasteiger charge is -2.24. The molecule has 2 aliphatic rings. The number of likely N-dealkylation sites (tertiary alicyclic amines) is 1. The zero-order chi connectivity index (χ0) is 14.9. The van der Waals surface area contributed by atoms with Gasteiger partial charge >= 0.3 is 0 Å². The Kier molecular flexibility index (Phi) is 3.66. The lowest BCUT2D eigenvalue weighted by Crippen LogP contribution is -2.35. The zero-order valence-electron chi connectivity index (χ0n) is 12.4. The molecule has 0 aliphatic carbocycles. The Bertz CT molecular complexity index is 572. The molecule has 1 aromatic rings. The Morgan fingerprint density at radius 1 is 1.29 bits per heavy atom. The summed E-state index contributed by atoms with van der Waals surface area (Å²) in [6.07, 6.45) is 3.42. The van der Waals surface area contributed by atoms with E-state index in [-0.39, 0.29) is 17.2 Å². The summed E-state index contributed by atoms with van der Waals surface area (Å²) in [7, 11) is 0. The Morgan fingerprint density at radius 3 is 2.86 bits per heavy atom. The number of aromatic nitrogens is 1. The fourth-order valence-corrected chi connectivity index (χ4v) is 3.41. The number of amides is 2. The van der Waals surface area contributed by atoms with E-state index in [0.717, 1.165) is 37.9 Å². The van der Waals surface area contributed by atoms with Crippen molar-refractivity contribution in [1.29, 1.82) is 0 Å². The molecular formula is C16H21N3O2. The van der Waals surface area contributed by atoms with Gasteiger partial charge in [0.25, 0.3) is 5.91 Å². The quantitative estimate of drug-likeness (QED) is 0.852.